The van der Waals surface area contributed by atoms with Crippen LogP contribution in [0, 0.1) is 12.3 Å². The molecule has 1 heterocycles. The van der Waals surface area contributed by atoms with Gasteiger partial charge in [0.2, 0.25) is 5.91 Å². The first kappa shape index (κ1) is 20.0. The van der Waals surface area contributed by atoms with E-state index in [2.05, 4.69) is 16.3 Å². The summed E-state index contributed by atoms with van der Waals surface area (Å²) in [7, 11) is 1.58. The molecule has 1 amide bonds. The topological polar surface area (TPSA) is 65.4 Å². The van der Waals surface area contributed by atoms with Gasteiger partial charge in [-0.05, 0) is 47.9 Å². The monoisotopic (exact) mass is 389 g/mol. The van der Waals surface area contributed by atoms with Crippen LogP contribution in [-0.4, -0.2) is 29.4 Å². The average Bonchev–Trinajstić information content (AvgIpc) is 3.30. The number of terminal acetylenes is 1. The van der Waals surface area contributed by atoms with Gasteiger partial charge in [-0.1, -0.05) is 24.1 Å². The third-order valence-corrected chi connectivity index (χ3v) is 4.37. The van der Waals surface area contributed by atoms with Gasteiger partial charge >= 0.3 is 0 Å². The number of hydrogen-bond donors (Lipinski definition) is 1. The number of methoxy groups -OCH3 is 1. The van der Waals surface area contributed by atoms with E-state index in [4.69, 9.17) is 15.9 Å². The van der Waals surface area contributed by atoms with Crippen LogP contribution in [0.2, 0.25) is 0 Å². The number of amides is 1. The van der Waals surface area contributed by atoms with Crippen LogP contribution >= 0.6 is 0 Å². The lowest BCUT2D eigenvalue weighted by Crippen LogP contribution is -2.23. The van der Waals surface area contributed by atoms with E-state index in [1.807, 2.05) is 54.7 Å². The molecule has 0 aliphatic rings. The SMILES string of the molecule is C#CCOc1ccc(CCC(=O)NCc2ccc(-n3cccn3)cc2)cc1OC. The van der Waals surface area contributed by atoms with Gasteiger partial charge in [-0.3, -0.25) is 4.79 Å². The molecule has 1 aromatic heterocycles. The number of aryl methyl sites for hydroxylation is 1. The number of carbonyl (C=O) groups excluding carboxylic acids is 1. The lowest BCUT2D eigenvalue weighted by molar-refractivity contribution is -0.121. The molecule has 2 aromatic carbocycles. The summed E-state index contributed by atoms with van der Waals surface area (Å²) < 4.78 is 12.6. The van der Waals surface area contributed by atoms with Crippen LogP contribution in [0.3, 0.4) is 0 Å². The largest absolute Gasteiger partial charge is 0.493 e. The molecule has 6 nitrogen and oxygen atoms in total. The van der Waals surface area contributed by atoms with Crippen molar-refractivity contribution in [1.29, 1.82) is 0 Å². The summed E-state index contributed by atoms with van der Waals surface area (Å²) >= 11 is 0. The normalized spacial score (nSPS) is 10.2. The van der Waals surface area contributed by atoms with Gasteiger partial charge in [0.1, 0.15) is 6.61 Å². The third kappa shape index (κ3) is 5.63. The molecule has 3 aromatic rings. The Morgan fingerprint density at radius 2 is 1.97 bits per heavy atom. The summed E-state index contributed by atoms with van der Waals surface area (Å²) in [4.78, 5) is 12.2. The number of nitrogens with zero attached hydrogens (tertiary/aromatic N) is 2. The van der Waals surface area contributed by atoms with E-state index in [0.29, 0.717) is 30.9 Å². The summed E-state index contributed by atoms with van der Waals surface area (Å²) in [6.07, 6.45) is 9.84. The summed E-state index contributed by atoms with van der Waals surface area (Å²) in [6, 6.07) is 15.4. The Morgan fingerprint density at radius 1 is 1.17 bits per heavy atom. The van der Waals surface area contributed by atoms with E-state index in [1.165, 1.54) is 0 Å². The molecule has 0 bridgehead atoms. The third-order valence-electron chi connectivity index (χ3n) is 4.37. The molecule has 0 atom stereocenters. The molecule has 0 saturated heterocycles. The van der Waals surface area contributed by atoms with Crippen LogP contribution in [0.15, 0.2) is 60.9 Å². The summed E-state index contributed by atoms with van der Waals surface area (Å²) in [6.45, 7) is 0.668. The van der Waals surface area contributed by atoms with Crippen LogP contribution in [0.4, 0.5) is 0 Å². The van der Waals surface area contributed by atoms with E-state index in [1.54, 1.807) is 18.0 Å². The molecular weight excluding hydrogens is 366 g/mol. The fourth-order valence-corrected chi connectivity index (χ4v) is 2.84. The van der Waals surface area contributed by atoms with Crippen LogP contribution in [0.25, 0.3) is 5.69 Å². The van der Waals surface area contributed by atoms with Crippen molar-refractivity contribution in [3.05, 3.63) is 72.1 Å². The highest BCUT2D eigenvalue weighted by molar-refractivity contribution is 5.76. The van der Waals surface area contributed by atoms with E-state index < -0.39 is 0 Å². The molecule has 0 aliphatic heterocycles. The van der Waals surface area contributed by atoms with Gasteiger partial charge in [0.25, 0.3) is 0 Å². The van der Waals surface area contributed by atoms with E-state index >= 15 is 0 Å². The average molecular weight is 389 g/mol. The number of rotatable bonds is 9. The number of benzene rings is 2. The van der Waals surface area contributed by atoms with Crippen LogP contribution in [0.1, 0.15) is 17.5 Å². The summed E-state index contributed by atoms with van der Waals surface area (Å²) in [5, 5.41) is 7.15. The molecule has 0 unspecified atom stereocenters. The van der Waals surface area contributed by atoms with Gasteiger partial charge < -0.3 is 14.8 Å². The second-order valence-corrected chi connectivity index (χ2v) is 6.37. The maximum Gasteiger partial charge on any atom is 0.220 e. The van der Waals surface area contributed by atoms with Gasteiger partial charge in [-0.25, -0.2) is 4.68 Å². The van der Waals surface area contributed by atoms with Gasteiger partial charge in [-0.15, -0.1) is 6.42 Å². The zero-order valence-electron chi connectivity index (χ0n) is 16.3. The predicted octanol–water partition coefficient (Wildman–Crippen LogP) is 3.14. The molecule has 29 heavy (non-hydrogen) atoms. The van der Waals surface area contributed by atoms with Gasteiger partial charge in [0.15, 0.2) is 11.5 Å². The second-order valence-electron chi connectivity index (χ2n) is 6.37. The molecule has 148 valence electrons. The maximum absolute atomic E-state index is 12.2. The van der Waals surface area contributed by atoms with Crippen molar-refractivity contribution < 1.29 is 14.3 Å². The summed E-state index contributed by atoms with van der Waals surface area (Å²) in [5.41, 5.74) is 3.01. The Labute approximate surface area is 170 Å². The summed E-state index contributed by atoms with van der Waals surface area (Å²) in [5.74, 6) is 3.62. The fourth-order valence-electron chi connectivity index (χ4n) is 2.84. The van der Waals surface area contributed by atoms with E-state index in [0.717, 1.165) is 16.8 Å². The van der Waals surface area contributed by atoms with E-state index in [9.17, 15) is 4.79 Å². The highest BCUT2D eigenvalue weighted by Crippen LogP contribution is 2.28. The first-order valence-electron chi connectivity index (χ1n) is 9.28. The number of carbonyl (C=O) groups is 1. The Kier molecular flexibility index (Phi) is 6.90. The van der Waals surface area contributed by atoms with Gasteiger partial charge in [-0.2, -0.15) is 5.10 Å². The smallest absolute Gasteiger partial charge is 0.220 e. The van der Waals surface area contributed by atoms with Crippen LogP contribution in [0.5, 0.6) is 11.5 Å². The van der Waals surface area contributed by atoms with Crippen molar-refractivity contribution in [2.24, 2.45) is 0 Å². The molecule has 0 radical (unpaired) electrons. The first-order valence-corrected chi connectivity index (χ1v) is 9.28. The van der Waals surface area contributed by atoms with Crippen molar-refractivity contribution >= 4 is 5.91 Å². The molecule has 0 fully saturated rings. The van der Waals surface area contributed by atoms with Crippen LogP contribution in [-0.2, 0) is 17.8 Å². The van der Waals surface area contributed by atoms with Crippen molar-refractivity contribution in [3.8, 4) is 29.5 Å². The molecule has 0 saturated carbocycles. The first-order chi connectivity index (χ1) is 14.2. The Hall–Kier alpha value is -3.72. The Balaban J connectivity index is 1.48. The predicted molar refractivity (Wildman–Crippen MR) is 111 cm³/mol. The molecule has 0 spiro atoms. The van der Waals surface area contributed by atoms with Crippen molar-refractivity contribution in [1.82, 2.24) is 15.1 Å². The highest BCUT2D eigenvalue weighted by atomic mass is 16.5. The standard InChI is InChI=1S/C23H23N3O3/c1-3-15-29-21-11-7-18(16-22(21)28-2)8-12-23(27)24-17-19-5-9-20(10-6-19)26-14-4-13-25-26/h1,4-7,9-11,13-14,16H,8,12,15,17H2,2H3,(H,24,27). The minimum atomic E-state index is -0.00669. The molecule has 3 rings (SSSR count). The molecule has 6 heteroatoms. The maximum atomic E-state index is 12.2. The van der Waals surface area contributed by atoms with Crippen LogP contribution < -0.4 is 14.8 Å². The quantitative estimate of drug-likeness (QED) is 0.571. The van der Waals surface area contributed by atoms with Crippen molar-refractivity contribution in [2.75, 3.05) is 13.7 Å². The number of ether oxygens (including phenoxy) is 2. The fraction of sp³-hybridized carbons (Fsp3) is 0.217. The van der Waals surface area contributed by atoms with Gasteiger partial charge in [0.05, 0.1) is 12.8 Å². The lowest BCUT2D eigenvalue weighted by atomic mass is 10.1. The highest BCUT2D eigenvalue weighted by Gasteiger charge is 2.08. The molecule has 0 aliphatic carbocycles. The number of nitrogens with one attached hydrogen (secondary N) is 1. The number of hydrogen-bond acceptors (Lipinski definition) is 4. The van der Waals surface area contributed by atoms with Crippen molar-refractivity contribution in [2.45, 2.75) is 19.4 Å². The molecule has 1 N–H and O–H groups in total. The van der Waals surface area contributed by atoms with Crippen molar-refractivity contribution in [3.63, 3.8) is 0 Å². The second kappa shape index (κ2) is 10.00. The lowest BCUT2D eigenvalue weighted by Gasteiger charge is -2.11. The zero-order valence-corrected chi connectivity index (χ0v) is 16.3. The zero-order chi connectivity index (χ0) is 20.5. The van der Waals surface area contributed by atoms with E-state index in [-0.39, 0.29) is 12.5 Å². The minimum Gasteiger partial charge on any atom is -0.493 e. The molecular formula is C23H23N3O3. The minimum absolute atomic E-state index is 0.00669. The van der Waals surface area contributed by atoms with Gasteiger partial charge in [0, 0.05) is 25.4 Å². The Bertz CT molecular complexity index is 974. The number of aromatic nitrogens is 2. The Morgan fingerprint density at radius 3 is 2.66 bits per heavy atom.